The third-order valence-corrected chi connectivity index (χ3v) is 4.69. The lowest BCUT2D eigenvalue weighted by atomic mass is 10.2. The summed E-state index contributed by atoms with van der Waals surface area (Å²) in [5, 5.41) is 21.1. The maximum atomic E-state index is 12.7. The number of amides is 1. The van der Waals surface area contributed by atoms with Crippen LogP contribution in [0, 0.1) is 0 Å². The molecular weight excluding hydrogens is 396 g/mol. The lowest BCUT2D eigenvalue weighted by Crippen LogP contribution is -2.19. The van der Waals surface area contributed by atoms with Crippen LogP contribution in [-0.4, -0.2) is 44.5 Å². The summed E-state index contributed by atoms with van der Waals surface area (Å²) < 4.78 is 11.1. The van der Waals surface area contributed by atoms with Crippen molar-refractivity contribution >= 4 is 29.3 Å². The number of aromatic nitrogens is 5. The summed E-state index contributed by atoms with van der Waals surface area (Å²) in [6, 6.07) is 10.9. The van der Waals surface area contributed by atoms with Gasteiger partial charge < -0.3 is 10.5 Å². The van der Waals surface area contributed by atoms with Crippen LogP contribution in [0.2, 0.25) is 0 Å². The quantitative estimate of drug-likeness (QED) is 0.361. The summed E-state index contributed by atoms with van der Waals surface area (Å²) >= 11 is 1.40. The Hall–Kier alpha value is -4.06. The molecule has 29 heavy (non-hydrogen) atoms. The summed E-state index contributed by atoms with van der Waals surface area (Å²) in [5.74, 6) is 0.298. The molecule has 0 atom stereocenters. The Morgan fingerprint density at radius 1 is 1.34 bits per heavy atom. The number of anilines is 1. The van der Waals surface area contributed by atoms with Crippen LogP contribution in [0.1, 0.15) is 16.1 Å². The molecular formula is C17H14N8O3S. The van der Waals surface area contributed by atoms with Gasteiger partial charge in [0.15, 0.2) is 5.69 Å². The summed E-state index contributed by atoms with van der Waals surface area (Å²) in [4.78, 5) is 13.4. The number of carbonyl (C=O) groups excluding carboxylic acids is 1. The molecule has 4 rings (SSSR count). The molecule has 0 aliphatic rings. The van der Waals surface area contributed by atoms with Crippen LogP contribution < -0.4 is 15.9 Å². The fourth-order valence-corrected chi connectivity index (χ4v) is 3.25. The average Bonchev–Trinajstić information content (AvgIpc) is 3.47. The summed E-state index contributed by atoms with van der Waals surface area (Å²) in [6.45, 7) is 0. The third kappa shape index (κ3) is 3.68. The molecule has 3 N–H and O–H groups in total. The minimum absolute atomic E-state index is 0.0238. The molecule has 0 saturated carbocycles. The Labute approximate surface area is 167 Å². The average molecular weight is 410 g/mol. The fourth-order valence-electron chi connectivity index (χ4n) is 2.50. The van der Waals surface area contributed by atoms with E-state index in [0.29, 0.717) is 11.4 Å². The van der Waals surface area contributed by atoms with Gasteiger partial charge in [-0.3, -0.25) is 4.79 Å². The number of hydrazone groups is 1. The molecule has 0 saturated heterocycles. The molecule has 0 unspecified atom stereocenters. The van der Waals surface area contributed by atoms with Crippen LogP contribution in [-0.2, 0) is 0 Å². The molecule has 12 heteroatoms. The molecule has 0 aliphatic heterocycles. The first-order valence-electron chi connectivity index (χ1n) is 8.23. The number of nitrogen functional groups attached to an aromatic ring is 1. The number of rotatable bonds is 6. The van der Waals surface area contributed by atoms with Crippen LogP contribution >= 0.6 is 11.3 Å². The van der Waals surface area contributed by atoms with Crippen molar-refractivity contribution in [3.8, 4) is 22.1 Å². The number of nitrogens with zero attached hydrogens (tertiary/aromatic N) is 6. The lowest BCUT2D eigenvalue weighted by molar-refractivity contribution is 0.0951. The zero-order valence-electron chi connectivity index (χ0n) is 15.0. The van der Waals surface area contributed by atoms with Gasteiger partial charge in [-0.05, 0) is 39.5 Å². The van der Waals surface area contributed by atoms with E-state index in [1.165, 1.54) is 22.2 Å². The largest absolute Gasteiger partial charge is 0.497 e. The van der Waals surface area contributed by atoms with Gasteiger partial charge in [-0.15, -0.1) is 16.4 Å². The van der Waals surface area contributed by atoms with Gasteiger partial charge in [0.25, 0.3) is 5.91 Å². The van der Waals surface area contributed by atoms with Gasteiger partial charge in [0, 0.05) is 0 Å². The topological polar surface area (TPSA) is 146 Å². The molecule has 11 nitrogen and oxygen atoms in total. The number of ether oxygens (including phenoxy) is 1. The number of nitrogens with two attached hydrogens (primary N) is 1. The molecule has 0 spiro atoms. The Bertz CT molecular complexity index is 1170. The van der Waals surface area contributed by atoms with Crippen LogP contribution in [0.3, 0.4) is 0 Å². The van der Waals surface area contributed by atoms with Crippen molar-refractivity contribution in [3.05, 3.63) is 53.0 Å². The van der Waals surface area contributed by atoms with Gasteiger partial charge in [-0.1, -0.05) is 23.4 Å². The van der Waals surface area contributed by atoms with Crippen molar-refractivity contribution < 1.29 is 14.2 Å². The monoisotopic (exact) mass is 410 g/mol. The van der Waals surface area contributed by atoms with Crippen molar-refractivity contribution in [1.29, 1.82) is 0 Å². The number of hydrogen-bond acceptors (Lipinski definition) is 10. The Balaban J connectivity index is 1.62. The summed E-state index contributed by atoms with van der Waals surface area (Å²) in [6.07, 6.45) is 1.50. The second kappa shape index (κ2) is 7.90. The van der Waals surface area contributed by atoms with E-state index in [9.17, 15) is 4.79 Å². The standard InChI is InChI=1S/C17H14N8O3S/c1-27-11-5-2-4-10(8-11)9-19-21-17(26)13-14(12-6-3-7-29-12)25(24-20-13)16-15(18)22-28-23-16/h2-9H,1H3,(H2,18,22)(H,21,26)/b19-9-. The van der Waals surface area contributed by atoms with Gasteiger partial charge >= 0.3 is 0 Å². The van der Waals surface area contributed by atoms with Crippen LogP contribution in [0.15, 0.2) is 51.5 Å². The van der Waals surface area contributed by atoms with E-state index in [4.69, 9.17) is 10.5 Å². The van der Waals surface area contributed by atoms with Crippen molar-refractivity contribution in [2.75, 3.05) is 12.8 Å². The van der Waals surface area contributed by atoms with E-state index >= 15 is 0 Å². The minimum Gasteiger partial charge on any atom is -0.497 e. The number of carbonyl (C=O) groups is 1. The highest BCUT2D eigenvalue weighted by atomic mass is 32.1. The van der Waals surface area contributed by atoms with Crippen LogP contribution in [0.4, 0.5) is 5.82 Å². The number of nitrogens with one attached hydrogen (secondary N) is 1. The molecule has 0 radical (unpaired) electrons. The maximum absolute atomic E-state index is 12.7. The summed E-state index contributed by atoms with van der Waals surface area (Å²) in [5.41, 5.74) is 9.42. The van der Waals surface area contributed by atoms with Crippen molar-refractivity contribution in [2.45, 2.75) is 0 Å². The van der Waals surface area contributed by atoms with Crippen LogP contribution in [0.5, 0.6) is 5.75 Å². The van der Waals surface area contributed by atoms with E-state index in [2.05, 4.69) is 35.8 Å². The Kier molecular flexibility index (Phi) is 4.99. The second-order valence-corrected chi connectivity index (χ2v) is 6.57. The molecule has 4 aromatic rings. The second-order valence-electron chi connectivity index (χ2n) is 5.62. The number of hydrogen-bond donors (Lipinski definition) is 2. The number of thiophene rings is 1. The van der Waals surface area contributed by atoms with Gasteiger partial charge in [0.1, 0.15) is 11.4 Å². The number of benzene rings is 1. The van der Waals surface area contributed by atoms with Crippen molar-refractivity contribution in [3.63, 3.8) is 0 Å². The van der Waals surface area contributed by atoms with Crippen molar-refractivity contribution in [1.82, 2.24) is 30.7 Å². The molecule has 146 valence electrons. The Morgan fingerprint density at radius 3 is 2.97 bits per heavy atom. The van der Waals surface area contributed by atoms with E-state index in [1.807, 2.05) is 35.7 Å². The van der Waals surface area contributed by atoms with Gasteiger partial charge in [0.2, 0.25) is 11.6 Å². The third-order valence-electron chi connectivity index (χ3n) is 3.81. The van der Waals surface area contributed by atoms with E-state index in [-0.39, 0.29) is 17.3 Å². The molecule has 0 aliphatic carbocycles. The lowest BCUT2D eigenvalue weighted by Gasteiger charge is -2.03. The first kappa shape index (κ1) is 18.3. The zero-order chi connectivity index (χ0) is 20.2. The molecule has 1 aromatic carbocycles. The molecule has 0 fully saturated rings. The highest BCUT2D eigenvalue weighted by molar-refractivity contribution is 7.13. The Morgan fingerprint density at radius 2 is 2.24 bits per heavy atom. The van der Waals surface area contributed by atoms with E-state index in [1.54, 1.807) is 13.2 Å². The van der Waals surface area contributed by atoms with Gasteiger partial charge in [-0.2, -0.15) is 9.78 Å². The van der Waals surface area contributed by atoms with Gasteiger partial charge in [0.05, 0.1) is 18.2 Å². The zero-order valence-corrected chi connectivity index (χ0v) is 15.8. The molecule has 0 bridgehead atoms. The molecule has 1 amide bonds. The van der Waals surface area contributed by atoms with E-state index < -0.39 is 5.91 Å². The minimum atomic E-state index is -0.547. The first-order valence-corrected chi connectivity index (χ1v) is 9.11. The molecule has 3 aromatic heterocycles. The summed E-state index contributed by atoms with van der Waals surface area (Å²) in [7, 11) is 1.57. The number of methoxy groups -OCH3 is 1. The van der Waals surface area contributed by atoms with Crippen LogP contribution in [0.25, 0.3) is 16.4 Å². The SMILES string of the molecule is COc1cccc(/C=N\NC(=O)c2nnn(-c3nonc3N)c2-c2cccs2)c1. The highest BCUT2D eigenvalue weighted by Crippen LogP contribution is 2.29. The predicted molar refractivity (Wildman–Crippen MR) is 105 cm³/mol. The normalized spacial score (nSPS) is 11.1. The highest BCUT2D eigenvalue weighted by Gasteiger charge is 2.25. The predicted octanol–water partition coefficient (Wildman–Crippen LogP) is 1.73. The maximum Gasteiger partial charge on any atom is 0.294 e. The van der Waals surface area contributed by atoms with Crippen molar-refractivity contribution in [2.24, 2.45) is 5.10 Å². The van der Waals surface area contributed by atoms with Gasteiger partial charge in [-0.25, -0.2) is 10.1 Å². The fraction of sp³-hybridized carbons (Fsp3) is 0.0588. The van der Waals surface area contributed by atoms with E-state index in [0.717, 1.165) is 10.4 Å². The first-order chi connectivity index (χ1) is 14.2. The molecule has 3 heterocycles. The smallest absolute Gasteiger partial charge is 0.294 e.